The molecular weight excluding hydrogens is 268 g/mol. The summed E-state index contributed by atoms with van der Waals surface area (Å²) < 4.78 is 10.9. The molecule has 116 valence electrons. The molecule has 1 saturated carbocycles. The van der Waals surface area contributed by atoms with Crippen molar-refractivity contribution in [2.45, 2.75) is 53.1 Å². The van der Waals surface area contributed by atoms with Crippen molar-refractivity contribution < 1.29 is 19.1 Å². The maximum atomic E-state index is 12.0. The van der Waals surface area contributed by atoms with Crippen LogP contribution in [0, 0.1) is 22.7 Å². The van der Waals surface area contributed by atoms with Gasteiger partial charge in [-0.3, -0.25) is 4.79 Å². The zero-order chi connectivity index (χ0) is 15.4. The standard InChI is InChI=1S/C17H24O4/c1-10(18)21-13-8-11-12(9-20-15(11)19)17(4)7-5-6-16(2,3)14(13)17/h8,12-14H,5-7,9H2,1-4H3/t12-,13-,14-,17+/m0/s1. The predicted octanol–water partition coefficient (Wildman–Crippen LogP) is 2.86. The van der Waals surface area contributed by atoms with Gasteiger partial charge in [0.2, 0.25) is 0 Å². The fourth-order valence-electron chi connectivity index (χ4n) is 5.11. The summed E-state index contributed by atoms with van der Waals surface area (Å²) in [5.74, 6) is -0.155. The molecule has 21 heavy (non-hydrogen) atoms. The minimum Gasteiger partial charge on any atom is -0.462 e. The van der Waals surface area contributed by atoms with Gasteiger partial charge in [-0.25, -0.2) is 4.79 Å². The molecule has 3 rings (SSSR count). The van der Waals surface area contributed by atoms with Gasteiger partial charge in [0, 0.05) is 24.3 Å². The fraction of sp³-hybridized carbons (Fsp3) is 0.765. The first-order chi connectivity index (χ1) is 9.75. The molecular formula is C17H24O4. The molecule has 0 amide bonds. The number of hydrogen-bond donors (Lipinski definition) is 0. The second-order valence-corrected chi connectivity index (χ2v) is 7.67. The Morgan fingerprint density at radius 2 is 2.05 bits per heavy atom. The highest BCUT2D eigenvalue weighted by Crippen LogP contribution is 2.61. The smallest absolute Gasteiger partial charge is 0.334 e. The Balaban J connectivity index is 2.09. The zero-order valence-electron chi connectivity index (χ0n) is 13.3. The van der Waals surface area contributed by atoms with E-state index in [4.69, 9.17) is 9.47 Å². The monoisotopic (exact) mass is 292 g/mol. The third kappa shape index (κ3) is 2.11. The van der Waals surface area contributed by atoms with E-state index in [0.29, 0.717) is 6.61 Å². The minimum absolute atomic E-state index is 0.0435. The lowest BCUT2D eigenvalue weighted by atomic mass is 9.48. The van der Waals surface area contributed by atoms with Gasteiger partial charge in [-0.15, -0.1) is 0 Å². The second-order valence-electron chi connectivity index (χ2n) is 7.67. The van der Waals surface area contributed by atoms with Gasteiger partial charge in [-0.05, 0) is 29.7 Å². The lowest BCUT2D eigenvalue weighted by Gasteiger charge is -2.57. The van der Waals surface area contributed by atoms with Crippen molar-refractivity contribution in [3.63, 3.8) is 0 Å². The number of esters is 2. The lowest BCUT2D eigenvalue weighted by molar-refractivity contribution is -0.160. The van der Waals surface area contributed by atoms with Gasteiger partial charge in [0.25, 0.3) is 0 Å². The summed E-state index contributed by atoms with van der Waals surface area (Å²) >= 11 is 0. The molecule has 0 N–H and O–H groups in total. The highest BCUT2D eigenvalue weighted by atomic mass is 16.5. The summed E-state index contributed by atoms with van der Waals surface area (Å²) in [4.78, 5) is 23.5. The van der Waals surface area contributed by atoms with Crippen molar-refractivity contribution in [2.24, 2.45) is 22.7 Å². The zero-order valence-corrected chi connectivity index (χ0v) is 13.3. The highest BCUT2D eigenvalue weighted by molar-refractivity contribution is 5.91. The molecule has 0 aromatic rings. The fourth-order valence-corrected chi connectivity index (χ4v) is 5.11. The summed E-state index contributed by atoms with van der Waals surface area (Å²) in [6.45, 7) is 8.66. The molecule has 4 nitrogen and oxygen atoms in total. The number of carbonyl (C=O) groups excluding carboxylic acids is 2. The van der Waals surface area contributed by atoms with E-state index in [0.717, 1.165) is 24.8 Å². The van der Waals surface area contributed by atoms with E-state index in [1.807, 2.05) is 6.08 Å². The Morgan fingerprint density at radius 3 is 2.71 bits per heavy atom. The second kappa shape index (κ2) is 4.59. The van der Waals surface area contributed by atoms with E-state index >= 15 is 0 Å². The molecule has 0 unspecified atom stereocenters. The quantitative estimate of drug-likeness (QED) is 0.697. The normalized spacial score (nSPS) is 40.7. The molecule has 0 aromatic carbocycles. The van der Waals surface area contributed by atoms with Crippen molar-refractivity contribution >= 4 is 11.9 Å². The first-order valence-corrected chi connectivity index (χ1v) is 7.82. The predicted molar refractivity (Wildman–Crippen MR) is 77.3 cm³/mol. The molecule has 3 aliphatic rings. The SMILES string of the molecule is CC(=O)O[C@H]1C=C2C(=O)OC[C@@H]2[C@@]2(C)CCCC(C)(C)[C@H]12. The van der Waals surface area contributed by atoms with Crippen LogP contribution in [0.2, 0.25) is 0 Å². The molecule has 1 aliphatic heterocycles. The number of cyclic esters (lactones) is 1. The van der Waals surface area contributed by atoms with Crippen LogP contribution in [-0.4, -0.2) is 24.6 Å². The number of rotatable bonds is 1. The van der Waals surface area contributed by atoms with E-state index in [9.17, 15) is 9.59 Å². The van der Waals surface area contributed by atoms with Crippen LogP contribution in [0.5, 0.6) is 0 Å². The average molecular weight is 292 g/mol. The van der Waals surface area contributed by atoms with E-state index in [-0.39, 0.29) is 40.7 Å². The van der Waals surface area contributed by atoms with Gasteiger partial charge in [0.1, 0.15) is 6.10 Å². The van der Waals surface area contributed by atoms with Crippen molar-refractivity contribution in [2.75, 3.05) is 6.61 Å². The van der Waals surface area contributed by atoms with E-state index < -0.39 is 0 Å². The van der Waals surface area contributed by atoms with Crippen molar-refractivity contribution in [1.29, 1.82) is 0 Å². The van der Waals surface area contributed by atoms with Gasteiger partial charge in [0.05, 0.1) is 6.61 Å². The summed E-state index contributed by atoms with van der Waals surface area (Å²) in [6, 6.07) is 0. The Bertz CT molecular complexity index is 519. The largest absolute Gasteiger partial charge is 0.462 e. The molecule has 0 spiro atoms. The van der Waals surface area contributed by atoms with Gasteiger partial charge in [0.15, 0.2) is 0 Å². The molecule has 0 aromatic heterocycles. The van der Waals surface area contributed by atoms with Crippen molar-refractivity contribution in [1.82, 2.24) is 0 Å². The molecule has 4 heteroatoms. The average Bonchev–Trinajstić information content (AvgIpc) is 2.69. The summed E-state index contributed by atoms with van der Waals surface area (Å²) in [6.07, 6.45) is 4.86. The molecule has 2 aliphatic carbocycles. The van der Waals surface area contributed by atoms with Crippen molar-refractivity contribution in [3.8, 4) is 0 Å². The van der Waals surface area contributed by atoms with Crippen LogP contribution in [0.4, 0.5) is 0 Å². The molecule has 4 atom stereocenters. The number of ether oxygens (including phenoxy) is 2. The van der Waals surface area contributed by atoms with Crippen LogP contribution in [-0.2, 0) is 19.1 Å². The highest BCUT2D eigenvalue weighted by Gasteiger charge is 2.59. The van der Waals surface area contributed by atoms with Crippen LogP contribution < -0.4 is 0 Å². The van der Waals surface area contributed by atoms with Crippen LogP contribution in [0.15, 0.2) is 11.6 Å². The van der Waals surface area contributed by atoms with E-state index in [1.54, 1.807) is 0 Å². The molecule has 0 radical (unpaired) electrons. The first kappa shape index (κ1) is 14.6. The number of fused-ring (bicyclic) bond motifs is 3. The molecule has 1 heterocycles. The Morgan fingerprint density at radius 1 is 1.33 bits per heavy atom. The summed E-state index contributed by atoms with van der Waals surface area (Å²) in [7, 11) is 0. The third-order valence-electron chi connectivity index (χ3n) is 5.85. The van der Waals surface area contributed by atoms with E-state index in [2.05, 4.69) is 20.8 Å². The number of hydrogen-bond acceptors (Lipinski definition) is 4. The van der Waals surface area contributed by atoms with Gasteiger partial charge in [-0.1, -0.05) is 27.2 Å². The molecule has 1 saturated heterocycles. The third-order valence-corrected chi connectivity index (χ3v) is 5.85. The summed E-state index contributed by atoms with van der Waals surface area (Å²) in [5, 5.41) is 0. The topological polar surface area (TPSA) is 52.6 Å². The minimum atomic E-state index is -0.320. The van der Waals surface area contributed by atoms with Gasteiger partial charge in [-0.2, -0.15) is 0 Å². The van der Waals surface area contributed by atoms with Crippen LogP contribution in [0.25, 0.3) is 0 Å². The molecule has 2 fully saturated rings. The van der Waals surface area contributed by atoms with Crippen LogP contribution in [0.1, 0.15) is 47.0 Å². The maximum absolute atomic E-state index is 12.0. The van der Waals surface area contributed by atoms with Gasteiger partial charge >= 0.3 is 11.9 Å². The van der Waals surface area contributed by atoms with Crippen molar-refractivity contribution in [3.05, 3.63) is 11.6 Å². The van der Waals surface area contributed by atoms with Crippen LogP contribution in [0.3, 0.4) is 0 Å². The first-order valence-electron chi connectivity index (χ1n) is 7.82. The Hall–Kier alpha value is -1.32. The Labute approximate surface area is 125 Å². The Kier molecular flexibility index (Phi) is 3.19. The van der Waals surface area contributed by atoms with Gasteiger partial charge < -0.3 is 9.47 Å². The lowest BCUT2D eigenvalue weighted by Crippen LogP contribution is -2.55. The molecule has 0 bridgehead atoms. The summed E-state index contributed by atoms with van der Waals surface area (Å²) in [5.41, 5.74) is 0.761. The van der Waals surface area contributed by atoms with E-state index in [1.165, 1.54) is 6.92 Å². The maximum Gasteiger partial charge on any atom is 0.334 e. The van der Waals surface area contributed by atoms with Crippen LogP contribution >= 0.6 is 0 Å². The number of carbonyl (C=O) groups is 2.